The van der Waals surface area contributed by atoms with Gasteiger partial charge in [0.2, 0.25) is 17.7 Å². The summed E-state index contributed by atoms with van der Waals surface area (Å²) >= 11 is 0. The van der Waals surface area contributed by atoms with Crippen LogP contribution >= 0.6 is 0 Å². The number of carbonyl (C=O) groups is 3. The molecule has 3 N–H and O–H groups in total. The molecule has 0 fully saturated rings. The highest BCUT2D eigenvalue weighted by Crippen LogP contribution is 2.02. The van der Waals surface area contributed by atoms with E-state index in [1.54, 1.807) is 19.0 Å². The first-order chi connectivity index (χ1) is 11.8. The van der Waals surface area contributed by atoms with Crippen molar-refractivity contribution in [2.75, 3.05) is 14.1 Å². The van der Waals surface area contributed by atoms with Crippen LogP contribution in [-0.2, 0) is 14.4 Å². The fourth-order valence-electron chi connectivity index (χ4n) is 1.43. The largest absolute Gasteiger partial charge is 0.369 e. The zero-order valence-electron chi connectivity index (χ0n) is 18.7. The molecule has 0 aliphatic carbocycles. The van der Waals surface area contributed by atoms with Gasteiger partial charge in [0, 0.05) is 37.9 Å². The Balaban J connectivity index is -0.000000310. The van der Waals surface area contributed by atoms with Crippen LogP contribution in [0.4, 0.5) is 0 Å². The maximum Gasteiger partial charge on any atom is 0.224 e. The van der Waals surface area contributed by atoms with Gasteiger partial charge in [-0.3, -0.25) is 14.4 Å². The summed E-state index contributed by atoms with van der Waals surface area (Å²) in [6.45, 7) is 15.6. The molecule has 0 bridgehead atoms. The van der Waals surface area contributed by atoms with Crippen molar-refractivity contribution in [2.45, 2.75) is 80.7 Å². The highest BCUT2D eigenvalue weighted by Gasteiger charge is 2.11. The highest BCUT2D eigenvalue weighted by molar-refractivity contribution is 5.78. The van der Waals surface area contributed by atoms with Crippen LogP contribution in [0.1, 0.15) is 74.7 Å². The average molecular weight is 374 g/mol. The van der Waals surface area contributed by atoms with Crippen molar-refractivity contribution in [1.82, 2.24) is 10.2 Å². The third-order valence-electron chi connectivity index (χ3n) is 4.06. The van der Waals surface area contributed by atoms with Crippen molar-refractivity contribution >= 4 is 17.7 Å². The van der Waals surface area contributed by atoms with Crippen LogP contribution in [0, 0.1) is 17.8 Å². The summed E-state index contributed by atoms with van der Waals surface area (Å²) in [6.07, 6.45) is 2.69. The van der Waals surface area contributed by atoms with Gasteiger partial charge in [-0.05, 0) is 33.1 Å². The lowest BCUT2D eigenvalue weighted by Crippen LogP contribution is -2.34. The van der Waals surface area contributed by atoms with E-state index in [0.29, 0.717) is 0 Å². The second-order valence-electron chi connectivity index (χ2n) is 7.23. The van der Waals surface area contributed by atoms with E-state index in [9.17, 15) is 14.4 Å². The summed E-state index contributed by atoms with van der Waals surface area (Å²) in [5.41, 5.74) is 4.91. The number of carbonyl (C=O) groups excluding carboxylic acids is 3. The van der Waals surface area contributed by atoms with Crippen LogP contribution in [0.25, 0.3) is 0 Å². The molecule has 26 heavy (non-hydrogen) atoms. The molecule has 0 saturated carbocycles. The van der Waals surface area contributed by atoms with E-state index in [4.69, 9.17) is 5.73 Å². The molecule has 0 aromatic heterocycles. The van der Waals surface area contributed by atoms with Crippen molar-refractivity contribution in [3.05, 3.63) is 0 Å². The molecule has 0 saturated heterocycles. The van der Waals surface area contributed by atoms with Gasteiger partial charge in [0.25, 0.3) is 0 Å². The normalized spacial score (nSPS) is 13.2. The van der Waals surface area contributed by atoms with Crippen molar-refractivity contribution in [3.8, 4) is 0 Å². The van der Waals surface area contributed by atoms with Gasteiger partial charge >= 0.3 is 0 Å². The Morgan fingerprint density at radius 2 is 1.19 bits per heavy atom. The lowest BCUT2D eigenvalue weighted by Gasteiger charge is -2.14. The van der Waals surface area contributed by atoms with E-state index in [-0.39, 0.29) is 41.5 Å². The van der Waals surface area contributed by atoms with Crippen molar-refractivity contribution < 1.29 is 14.4 Å². The molecule has 6 nitrogen and oxygen atoms in total. The first-order valence-corrected chi connectivity index (χ1v) is 9.66. The number of amides is 3. The fraction of sp³-hybridized carbons (Fsp3) is 0.850. The van der Waals surface area contributed by atoms with Gasteiger partial charge in [-0.2, -0.15) is 0 Å². The van der Waals surface area contributed by atoms with Crippen LogP contribution in [0.3, 0.4) is 0 Å². The van der Waals surface area contributed by atoms with Crippen molar-refractivity contribution in [1.29, 1.82) is 0 Å². The molecule has 0 aromatic carbocycles. The van der Waals surface area contributed by atoms with E-state index in [1.165, 1.54) is 0 Å². The zero-order valence-corrected chi connectivity index (χ0v) is 18.7. The first kappa shape index (κ1) is 29.2. The number of nitrogens with two attached hydrogens (primary N) is 1. The predicted octanol–water partition coefficient (Wildman–Crippen LogP) is 3.20. The van der Waals surface area contributed by atoms with E-state index in [1.807, 2.05) is 55.4 Å². The number of nitrogens with one attached hydrogen (secondary N) is 1. The summed E-state index contributed by atoms with van der Waals surface area (Å²) in [5, 5.41) is 2.85. The molecule has 0 rings (SSSR count). The van der Waals surface area contributed by atoms with Gasteiger partial charge in [-0.25, -0.2) is 0 Å². The standard InChI is InChI=1S/C8H17NO.C7H15NO.C5H11NO/c1-5-7(4)8(10)9-6(2)3;1-5-6(2)7(9)8(3)4;1-3-4(2)5(6)7/h6-7H,5H2,1-4H3,(H,9,10);6H,5H2,1-4H3;4H,3H2,1-2H3,(H2,6,7). The molecule has 3 unspecified atom stereocenters. The predicted molar refractivity (Wildman–Crippen MR) is 110 cm³/mol. The Hall–Kier alpha value is -1.59. The van der Waals surface area contributed by atoms with E-state index in [0.717, 1.165) is 19.3 Å². The van der Waals surface area contributed by atoms with E-state index < -0.39 is 0 Å². The van der Waals surface area contributed by atoms with Gasteiger partial charge in [-0.1, -0.05) is 41.5 Å². The lowest BCUT2D eigenvalue weighted by molar-refractivity contribution is -0.132. The molecule has 0 aliphatic heterocycles. The summed E-state index contributed by atoms with van der Waals surface area (Å²) in [6, 6.07) is 0.265. The third-order valence-corrected chi connectivity index (χ3v) is 4.06. The SMILES string of the molecule is CCC(C)C(=O)N(C)C.CCC(C)C(=O)NC(C)C.CCC(C)C(N)=O. The summed E-state index contributed by atoms with van der Waals surface area (Å²) < 4.78 is 0. The summed E-state index contributed by atoms with van der Waals surface area (Å²) in [5.74, 6) is 0.555. The Labute approximate surface area is 161 Å². The monoisotopic (exact) mass is 373 g/mol. The molecule has 0 aromatic rings. The Morgan fingerprint density at radius 3 is 1.35 bits per heavy atom. The average Bonchev–Trinajstić information content (AvgIpc) is 2.58. The minimum absolute atomic E-state index is 0.0417. The van der Waals surface area contributed by atoms with Crippen LogP contribution < -0.4 is 11.1 Å². The van der Waals surface area contributed by atoms with Crippen LogP contribution in [0.5, 0.6) is 0 Å². The van der Waals surface area contributed by atoms with Crippen LogP contribution in [0.2, 0.25) is 0 Å². The number of primary amides is 1. The molecule has 0 heterocycles. The third kappa shape index (κ3) is 17.2. The zero-order chi connectivity index (χ0) is 21.4. The van der Waals surface area contributed by atoms with E-state index in [2.05, 4.69) is 5.32 Å². The second-order valence-corrected chi connectivity index (χ2v) is 7.23. The molecule has 3 atom stereocenters. The minimum atomic E-state index is -0.206. The molecule has 0 spiro atoms. The maximum atomic E-state index is 11.1. The number of nitrogens with zero attached hydrogens (tertiary/aromatic N) is 1. The number of hydrogen-bond donors (Lipinski definition) is 2. The number of hydrogen-bond acceptors (Lipinski definition) is 3. The molecular weight excluding hydrogens is 330 g/mol. The minimum Gasteiger partial charge on any atom is -0.369 e. The molecule has 0 aliphatic rings. The number of rotatable bonds is 7. The molecule has 6 heteroatoms. The summed E-state index contributed by atoms with van der Waals surface area (Å²) in [7, 11) is 3.57. The molecule has 0 radical (unpaired) electrons. The van der Waals surface area contributed by atoms with Crippen molar-refractivity contribution in [2.24, 2.45) is 23.5 Å². The van der Waals surface area contributed by atoms with Gasteiger partial charge < -0.3 is 16.0 Å². The Bertz CT molecular complexity index is 396. The Morgan fingerprint density at radius 1 is 0.808 bits per heavy atom. The van der Waals surface area contributed by atoms with Crippen LogP contribution in [-0.4, -0.2) is 42.8 Å². The van der Waals surface area contributed by atoms with Gasteiger partial charge in [0.15, 0.2) is 0 Å². The smallest absolute Gasteiger partial charge is 0.224 e. The van der Waals surface area contributed by atoms with Gasteiger partial charge in [-0.15, -0.1) is 0 Å². The van der Waals surface area contributed by atoms with E-state index >= 15 is 0 Å². The second kappa shape index (κ2) is 16.9. The first-order valence-electron chi connectivity index (χ1n) is 9.66. The molecule has 3 amide bonds. The quantitative estimate of drug-likeness (QED) is 0.718. The lowest BCUT2D eigenvalue weighted by atomic mass is 10.1. The fourth-order valence-corrected chi connectivity index (χ4v) is 1.43. The molecular formula is C20H43N3O3. The van der Waals surface area contributed by atoms with Crippen molar-refractivity contribution in [3.63, 3.8) is 0 Å². The highest BCUT2D eigenvalue weighted by atomic mass is 16.2. The molecule has 156 valence electrons. The van der Waals surface area contributed by atoms with Gasteiger partial charge in [0.1, 0.15) is 0 Å². The van der Waals surface area contributed by atoms with Gasteiger partial charge in [0.05, 0.1) is 0 Å². The summed E-state index contributed by atoms with van der Waals surface area (Å²) in [4.78, 5) is 33.9. The maximum absolute atomic E-state index is 11.1. The van der Waals surface area contributed by atoms with Crippen LogP contribution in [0.15, 0.2) is 0 Å². The topological polar surface area (TPSA) is 92.5 Å². The Kier molecular flexibility index (Phi) is 18.9.